The van der Waals surface area contributed by atoms with E-state index >= 15 is 0 Å². The van der Waals surface area contributed by atoms with Crippen LogP contribution in [0, 0.1) is 10.1 Å². The smallest absolute Gasteiger partial charge is 0.300 e. The molecule has 0 heterocycles. The molecule has 0 fully saturated rings. The number of hydrogen-bond donors (Lipinski definition) is 1. The first-order valence-electron chi connectivity index (χ1n) is 5.38. The molecule has 19 heavy (non-hydrogen) atoms. The SMILES string of the molecule is CC(CNC(=O)c1cccc(Cl)c1[N+](=O)[O-])S(C)=O. The Morgan fingerprint density at radius 1 is 1.58 bits per heavy atom. The first kappa shape index (κ1) is 15.6. The first-order valence-corrected chi connectivity index (χ1v) is 7.37. The van der Waals surface area contributed by atoms with E-state index in [9.17, 15) is 19.1 Å². The van der Waals surface area contributed by atoms with E-state index in [1.165, 1.54) is 24.5 Å². The number of benzene rings is 1. The van der Waals surface area contributed by atoms with Crippen molar-refractivity contribution in [2.45, 2.75) is 12.2 Å². The van der Waals surface area contributed by atoms with Gasteiger partial charge < -0.3 is 5.32 Å². The zero-order valence-corrected chi connectivity index (χ0v) is 12.0. The highest BCUT2D eigenvalue weighted by atomic mass is 35.5. The molecule has 104 valence electrons. The van der Waals surface area contributed by atoms with Gasteiger partial charge in [0.05, 0.1) is 4.92 Å². The van der Waals surface area contributed by atoms with Crippen LogP contribution in [0.15, 0.2) is 18.2 Å². The molecule has 0 spiro atoms. The van der Waals surface area contributed by atoms with E-state index < -0.39 is 27.3 Å². The lowest BCUT2D eigenvalue weighted by Crippen LogP contribution is -2.32. The van der Waals surface area contributed by atoms with Gasteiger partial charge in [-0.3, -0.25) is 19.1 Å². The van der Waals surface area contributed by atoms with Gasteiger partial charge in [0.2, 0.25) is 0 Å². The molecular formula is C11H13ClN2O4S. The summed E-state index contributed by atoms with van der Waals surface area (Å²) in [7, 11) is -1.08. The maximum Gasteiger partial charge on any atom is 0.300 e. The van der Waals surface area contributed by atoms with Crippen LogP contribution in [-0.2, 0) is 10.8 Å². The fourth-order valence-corrected chi connectivity index (χ4v) is 1.89. The normalized spacial score (nSPS) is 13.6. The maximum absolute atomic E-state index is 11.9. The van der Waals surface area contributed by atoms with Crippen molar-refractivity contribution >= 4 is 34.0 Å². The average Bonchev–Trinajstić information content (AvgIpc) is 2.34. The highest BCUT2D eigenvalue weighted by molar-refractivity contribution is 7.84. The largest absolute Gasteiger partial charge is 0.351 e. The van der Waals surface area contributed by atoms with Crippen molar-refractivity contribution in [3.05, 3.63) is 38.9 Å². The lowest BCUT2D eigenvalue weighted by Gasteiger charge is -2.10. The number of nitro benzene ring substituents is 1. The van der Waals surface area contributed by atoms with Gasteiger partial charge in [0, 0.05) is 28.9 Å². The van der Waals surface area contributed by atoms with E-state index in [2.05, 4.69) is 5.32 Å². The van der Waals surface area contributed by atoms with E-state index in [1.807, 2.05) is 0 Å². The van der Waals surface area contributed by atoms with Gasteiger partial charge in [-0.05, 0) is 19.1 Å². The Labute approximate surface area is 117 Å². The molecule has 8 heteroatoms. The minimum absolute atomic E-state index is 0.0928. The van der Waals surface area contributed by atoms with Crippen LogP contribution in [0.3, 0.4) is 0 Å². The molecule has 0 saturated heterocycles. The number of nitro groups is 1. The predicted octanol–water partition coefficient (Wildman–Crippen LogP) is 1.75. The van der Waals surface area contributed by atoms with Crippen LogP contribution in [0.1, 0.15) is 17.3 Å². The maximum atomic E-state index is 11.9. The van der Waals surface area contributed by atoms with Gasteiger partial charge in [-0.1, -0.05) is 17.7 Å². The number of halogens is 1. The molecule has 1 aromatic rings. The van der Waals surface area contributed by atoms with Crippen molar-refractivity contribution in [2.24, 2.45) is 0 Å². The minimum Gasteiger partial charge on any atom is -0.351 e. The van der Waals surface area contributed by atoms with Crippen molar-refractivity contribution < 1.29 is 13.9 Å². The van der Waals surface area contributed by atoms with E-state index in [0.717, 1.165) is 0 Å². The zero-order valence-electron chi connectivity index (χ0n) is 10.4. The summed E-state index contributed by atoms with van der Waals surface area (Å²) in [6.45, 7) is 1.88. The molecular weight excluding hydrogens is 292 g/mol. The number of carbonyl (C=O) groups is 1. The summed E-state index contributed by atoms with van der Waals surface area (Å²) >= 11 is 5.71. The molecule has 2 atom stereocenters. The predicted molar refractivity (Wildman–Crippen MR) is 74.0 cm³/mol. The van der Waals surface area contributed by atoms with Gasteiger partial charge in [0.25, 0.3) is 5.91 Å². The topological polar surface area (TPSA) is 89.3 Å². The number of para-hydroxylation sites is 1. The Bertz CT molecular complexity index is 535. The number of rotatable bonds is 5. The van der Waals surface area contributed by atoms with Crippen molar-refractivity contribution in [1.82, 2.24) is 5.32 Å². The lowest BCUT2D eigenvalue weighted by molar-refractivity contribution is -0.385. The lowest BCUT2D eigenvalue weighted by atomic mass is 10.1. The summed E-state index contributed by atoms with van der Waals surface area (Å²) in [5.41, 5.74) is -0.529. The van der Waals surface area contributed by atoms with Gasteiger partial charge in [-0.15, -0.1) is 0 Å². The zero-order chi connectivity index (χ0) is 14.6. The van der Waals surface area contributed by atoms with Gasteiger partial charge in [0.1, 0.15) is 10.6 Å². The number of hydrogen-bond acceptors (Lipinski definition) is 4. The summed E-state index contributed by atoms with van der Waals surface area (Å²) in [5, 5.41) is 13.1. The first-order chi connectivity index (χ1) is 8.84. The number of carbonyl (C=O) groups excluding carboxylic acids is 1. The molecule has 1 amide bonds. The van der Waals surface area contributed by atoms with Crippen LogP contribution in [0.4, 0.5) is 5.69 Å². The number of nitrogens with zero attached hydrogens (tertiary/aromatic N) is 1. The average molecular weight is 305 g/mol. The van der Waals surface area contributed by atoms with Crippen molar-refractivity contribution in [3.63, 3.8) is 0 Å². The molecule has 0 aromatic heterocycles. The standard InChI is InChI=1S/C11H13ClN2O4S/c1-7(19(2)18)6-13-11(15)8-4-3-5-9(12)10(8)14(16)17/h3-5,7H,6H2,1-2H3,(H,13,15). The number of nitrogens with one attached hydrogen (secondary N) is 1. The van der Waals surface area contributed by atoms with Crippen molar-refractivity contribution in [3.8, 4) is 0 Å². The van der Waals surface area contributed by atoms with Gasteiger partial charge in [-0.2, -0.15) is 0 Å². The molecule has 1 rings (SSSR count). The van der Waals surface area contributed by atoms with Crippen LogP contribution in [-0.4, -0.2) is 33.1 Å². The molecule has 2 unspecified atom stereocenters. The second kappa shape index (κ2) is 6.63. The summed E-state index contributed by atoms with van der Waals surface area (Å²) in [5.74, 6) is -0.605. The molecule has 0 saturated carbocycles. The van der Waals surface area contributed by atoms with Gasteiger partial charge >= 0.3 is 5.69 Å². The van der Waals surface area contributed by atoms with Crippen LogP contribution in [0.25, 0.3) is 0 Å². The van der Waals surface area contributed by atoms with Crippen molar-refractivity contribution in [1.29, 1.82) is 0 Å². The summed E-state index contributed by atoms with van der Waals surface area (Å²) in [6, 6.07) is 4.14. The summed E-state index contributed by atoms with van der Waals surface area (Å²) < 4.78 is 11.2. The minimum atomic E-state index is -1.08. The second-order valence-electron chi connectivity index (χ2n) is 3.91. The van der Waals surface area contributed by atoms with Crippen LogP contribution >= 0.6 is 11.6 Å². The quantitative estimate of drug-likeness (QED) is 0.663. The van der Waals surface area contributed by atoms with Gasteiger partial charge in [0.15, 0.2) is 0 Å². The van der Waals surface area contributed by atoms with E-state index in [1.54, 1.807) is 6.92 Å². The number of amides is 1. The highest BCUT2D eigenvalue weighted by Crippen LogP contribution is 2.27. The summed E-state index contributed by atoms with van der Waals surface area (Å²) in [4.78, 5) is 22.1. The van der Waals surface area contributed by atoms with Crippen LogP contribution in [0.5, 0.6) is 0 Å². The molecule has 0 bridgehead atoms. The Morgan fingerprint density at radius 2 is 2.21 bits per heavy atom. The van der Waals surface area contributed by atoms with Crippen LogP contribution in [0.2, 0.25) is 5.02 Å². The third-order valence-corrected chi connectivity index (χ3v) is 4.14. The van der Waals surface area contributed by atoms with Gasteiger partial charge in [-0.25, -0.2) is 0 Å². The Balaban J connectivity index is 2.92. The molecule has 0 aliphatic carbocycles. The van der Waals surface area contributed by atoms with E-state index in [0.29, 0.717) is 0 Å². The second-order valence-corrected chi connectivity index (χ2v) is 6.12. The molecule has 1 aromatic carbocycles. The van der Waals surface area contributed by atoms with Crippen molar-refractivity contribution in [2.75, 3.05) is 12.8 Å². The monoisotopic (exact) mass is 304 g/mol. The molecule has 6 nitrogen and oxygen atoms in total. The fraction of sp³-hybridized carbons (Fsp3) is 0.364. The molecule has 0 aliphatic heterocycles. The van der Waals surface area contributed by atoms with E-state index in [4.69, 9.17) is 11.6 Å². The van der Waals surface area contributed by atoms with E-state index in [-0.39, 0.29) is 22.4 Å². The Kier molecular flexibility index (Phi) is 5.44. The third kappa shape index (κ3) is 4.00. The third-order valence-electron chi connectivity index (χ3n) is 2.53. The summed E-state index contributed by atoms with van der Waals surface area (Å²) in [6.07, 6.45) is 1.53. The Morgan fingerprint density at radius 3 is 2.74 bits per heavy atom. The van der Waals surface area contributed by atoms with Crippen LogP contribution < -0.4 is 5.32 Å². The fourth-order valence-electron chi connectivity index (χ4n) is 1.33. The molecule has 0 aliphatic rings. The highest BCUT2D eigenvalue weighted by Gasteiger charge is 2.23. The molecule has 0 radical (unpaired) electrons. The molecule has 1 N–H and O–H groups in total. The Hall–Kier alpha value is -1.47.